The molecule has 2 nitrogen and oxygen atoms in total. The number of benzene rings is 2. The molecule has 4 rings (SSSR count). The summed E-state index contributed by atoms with van der Waals surface area (Å²) in [5.74, 6) is 0.0827. The summed E-state index contributed by atoms with van der Waals surface area (Å²) in [6, 6.07) is 14.7. The largest absolute Gasteiger partial charge is 0.370 e. The van der Waals surface area contributed by atoms with Crippen molar-refractivity contribution in [2.24, 2.45) is 0 Å². The molecule has 4 heteroatoms. The normalized spacial score (nSPS) is 31.5. The fraction of sp³-hybridized carbons (Fsp3) is 0.400. The molecule has 0 amide bonds. The number of halogens is 2. The van der Waals surface area contributed by atoms with Crippen LogP contribution in [0.2, 0.25) is 5.02 Å². The minimum absolute atomic E-state index is 0.0582. The van der Waals surface area contributed by atoms with Crippen LogP contribution in [0, 0.1) is 5.82 Å². The molecule has 0 spiro atoms. The Morgan fingerprint density at radius 2 is 1.92 bits per heavy atom. The molecule has 2 fully saturated rings. The standard InChI is InChI=1S/C20H20ClFO2/c1-20-18(23-12-13-6-2-5-9-17(13)22)10-14(11-19(20)24-20)15-7-3-4-8-16(15)21/h2-9,14,18-19H,10-12H2,1H3. The van der Waals surface area contributed by atoms with Gasteiger partial charge >= 0.3 is 0 Å². The van der Waals surface area contributed by atoms with Gasteiger partial charge in [-0.15, -0.1) is 0 Å². The van der Waals surface area contributed by atoms with Gasteiger partial charge in [0.25, 0.3) is 0 Å². The van der Waals surface area contributed by atoms with Crippen molar-refractivity contribution in [1.82, 2.24) is 0 Å². The molecule has 1 aliphatic carbocycles. The van der Waals surface area contributed by atoms with Gasteiger partial charge in [0.2, 0.25) is 0 Å². The third kappa shape index (κ3) is 2.85. The van der Waals surface area contributed by atoms with Crippen LogP contribution in [0.1, 0.15) is 36.8 Å². The highest BCUT2D eigenvalue weighted by molar-refractivity contribution is 6.31. The summed E-state index contributed by atoms with van der Waals surface area (Å²) in [5.41, 5.74) is 1.48. The summed E-state index contributed by atoms with van der Waals surface area (Å²) in [6.45, 7) is 2.35. The van der Waals surface area contributed by atoms with E-state index in [0.29, 0.717) is 11.5 Å². The summed E-state index contributed by atoms with van der Waals surface area (Å²) >= 11 is 6.36. The van der Waals surface area contributed by atoms with Crippen molar-refractivity contribution >= 4 is 11.6 Å². The van der Waals surface area contributed by atoms with Crippen molar-refractivity contribution in [3.05, 3.63) is 70.5 Å². The van der Waals surface area contributed by atoms with E-state index < -0.39 is 0 Å². The molecule has 2 aliphatic rings. The second-order valence-electron chi connectivity index (χ2n) is 6.87. The molecular formula is C20H20ClFO2. The molecule has 0 aromatic heterocycles. The second-order valence-corrected chi connectivity index (χ2v) is 7.28. The quantitative estimate of drug-likeness (QED) is 0.718. The zero-order valence-electron chi connectivity index (χ0n) is 13.5. The highest BCUT2D eigenvalue weighted by atomic mass is 35.5. The SMILES string of the molecule is CC12OC1CC(c1ccccc1Cl)CC2OCc1ccccc1F. The van der Waals surface area contributed by atoms with Crippen molar-refractivity contribution in [1.29, 1.82) is 0 Å². The van der Waals surface area contributed by atoms with Crippen LogP contribution < -0.4 is 0 Å². The van der Waals surface area contributed by atoms with Crippen LogP contribution in [-0.2, 0) is 16.1 Å². The Bertz CT molecular complexity index is 750. The highest BCUT2D eigenvalue weighted by Crippen LogP contribution is 2.53. The molecule has 4 unspecified atom stereocenters. The monoisotopic (exact) mass is 346 g/mol. The number of hydrogen-bond donors (Lipinski definition) is 0. The second kappa shape index (κ2) is 6.14. The van der Waals surface area contributed by atoms with E-state index in [1.54, 1.807) is 12.1 Å². The smallest absolute Gasteiger partial charge is 0.128 e. The molecule has 1 heterocycles. The molecule has 0 radical (unpaired) electrons. The zero-order chi connectivity index (χ0) is 16.7. The van der Waals surface area contributed by atoms with E-state index in [-0.39, 0.29) is 30.2 Å². The van der Waals surface area contributed by atoms with E-state index in [9.17, 15) is 4.39 Å². The van der Waals surface area contributed by atoms with Crippen LogP contribution in [0.3, 0.4) is 0 Å². The molecule has 24 heavy (non-hydrogen) atoms. The van der Waals surface area contributed by atoms with E-state index >= 15 is 0 Å². The first-order chi connectivity index (χ1) is 11.6. The van der Waals surface area contributed by atoms with Crippen LogP contribution in [0.5, 0.6) is 0 Å². The van der Waals surface area contributed by atoms with E-state index in [2.05, 4.69) is 13.0 Å². The van der Waals surface area contributed by atoms with E-state index in [4.69, 9.17) is 21.1 Å². The molecule has 4 atom stereocenters. The number of fused-ring (bicyclic) bond motifs is 1. The number of epoxide rings is 1. The van der Waals surface area contributed by atoms with Gasteiger partial charge in [0.1, 0.15) is 11.4 Å². The third-order valence-corrected chi connectivity index (χ3v) is 5.70. The predicted octanol–water partition coefficient (Wildman–Crippen LogP) is 5.10. The van der Waals surface area contributed by atoms with Gasteiger partial charge in [-0.25, -0.2) is 4.39 Å². The Balaban J connectivity index is 1.50. The number of rotatable bonds is 4. The summed E-state index contributed by atoms with van der Waals surface area (Å²) < 4.78 is 25.8. The van der Waals surface area contributed by atoms with Crippen LogP contribution in [0.15, 0.2) is 48.5 Å². The fourth-order valence-electron chi connectivity index (χ4n) is 3.78. The minimum atomic E-state index is -0.247. The van der Waals surface area contributed by atoms with Crippen molar-refractivity contribution < 1.29 is 13.9 Å². The third-order valence-electron chi connectivity index (χ3n) is 5.36. The van der Waals surface area contributed by atoms with Gasteiger partial charge in [-0.3, -0.25) is 0 Å². The maximum Gasteiger partial charge on any atom is 0.128 e. The van der Waals surface area contributed by atoms with Gasteiger partial charge in [-0.05, 0) is 43.4 Å². The molecule has 1 saturated heterocycles. The van der Waals surface area contributed by atoms with Crippen LogP contribution >= 0.6 is 11.6 Å². The highest BCUT2D eigenvalue weighted by Gasteiger charge is 2.62. The molecule has 1 saturated carbocycles. The summed E-state index contributed by atoms with van der Waals surface area (Å²) in [6.07, 6.45) is 1.93. The lowest BCUT2D eigenvalue weighted by atomic mass is 9.77. The van der Waals surface area contributed by atoms with Gasteiger partial charge in [-0.2, -0.15) is 0 Å². The van der Waals surface area contributed by atoms with Gasteiger partial charge in [-0.1, -0.05) is 48.0 Å². The lowest BCUT2D eigenvalue weighted by Crippen LogP contribution is -2.38. The van der Waals surface area contributed by atoms with E-state index in [0.717, 1.165) is 23.4 Å². The van der Waals surface area contributed by atoms with Crippen molar-refractivity contribution in [2.45, 2.75) is 50.1 Å². The maximum absolute atomic E-state index is 13.8. The van der Waals surface area contributed by atoms with Crippen LogP contribution in [0.25, 0.3) is 0 Å². The fourth-order valence-corrected chi connectivity index (χ4v) is 4.07. The molecular weight excluding hydrogens is 327 g/mol. The van der Waals surface area contributed by atoms with Gasteiger partial charge in [0, 0.05) is 10.6 Å². The average Bonchev–Trinajstić information content (AvgIpc) is 3.25. The molecule has 0 N–H and O–H groups in total. The zero-order valence-corrected chi connectivity index (χ0v) is 14.3. The first kappa shape index (κ1) is 16.1. The minimum Gasteiger partial charge on any atom is -0.370 e. The lowest BCUT2D eigenvalue weighted by Gasteiger charge is -2.31. The first-order valence-corrected chi connectivity index (χ1v) is 8.73. The maximum atomic E-state index is 13.8. The van der Waals surface area contributed by atoms with Crippen molar-refractivity contribution in [2.75, 3.05) is 0 Å². The Morgan fingerprint density at radius 3 is 2.71 bits per heavy atom. The predicted molar refractivity (Wildman–Crippen MR) is 91.7 cm³/mol. The Hall–Kier alpha value is -1.42. The Labute approximate surface area is 146 Å². The van der Waals surface area contributed by atoms with E-state index in [1.807, 2.05) is 24.3 Å². The Morgan fingerprint density at radius 1 is 1.17 bits per heavy atom. The number of ether oxygens (including phenoxy) is 2. The van der Waals surface area contributed by atoms with Gasteiger partial charge < -0.3 is 9.47 Å². The summed E-state index contributed by atoms with van der Waals surface area (Å²) in [4.78, 5) is 0. The van der Waals surface area contributed by atoms with Crippen molar-refractivity contribution in [3.63, 3.8) is 0 Å². The van der Waals surface area contributed by atoms with E-state index in [1.165, 1.54) is 6.07 Å². The molecule has 0 bridgehead atoms. The summed E-state index contributed by atoms with van der Waals surface area (Å²) in [5, 5.41) is 0.791. The molecule has 2 aromatic rings. The number of hydrogen-bond acceptors (Lipinski definition) is 2. The van der Waals surface area contributed by atoms with Crippen molar-refractivity contribution in [3.8, 4) is 0 Å². The summed E-state index contributed by atoms with van der Waals surface area (Å²) in [7, 11) is 0. The molecule has 2 aromatic carbocycles. The average molecular weight is 347 g/mol. The lowest BCUT2D eigenvalue weighted by molar-refractivity contribution is -0.0214. The van der Waals surface area contributed by atoms with Gasteiger partial charge in [0.15, 0.2) is 0 Å². The topological polar surface area (TPSA) is 21.8 Å². The molecule has 126 valence electrons. The van der Waals surface area contributed by atoms with Crippen LogP contribution in [0.4, 0.5) is 4.39 Å². The van der Waals surface area contributed by atoms with Gasteiger partial charge in [0.05, 0.1) is 18.8 Å². The first-order valence-electron chi connectivity index (χ1n) is 8.35. The molecule has 1 aliphatic heterocycles. The van der Waals surface area contributed by atoms with Crippen LogP contribution in [-0.4, -0.2) is 17.8 Å². The Kier molecular flexibility index (Phi) is 4.11.